The number of thiazole rings is 1. The van der Waals surface area contributed by atoms with Crippen LogP contribution in [0.2, 0.25) is 0 Å². The fourth-order valence-electron chi connectivity index (χ4n) is 1.75. The van der Waals surface area contributed by atoms with E-state index >= 15 is 0 Å². The molecule has 0 fully saturated rings. The minimum absolute atomic E-state index is 0.122. The molecule has 2 aromatic rings. The van der Waals surface area contributed by atoms with Crippen LogP contribution in [0.15, 0.2) is 22.1 Å². The molecule has 6 nitrogen and oxygen atoms in total. The van der Waals surface area contributed by atoms with E-state index in [1.807, 2.05) is 0 Å². The Bertz CT molecular complexity index is 792. The minimum Gasteiger partial charge on any atom is -0.320 e. The number of halogens is 3. The zero-order valence-corrected chi connectivity index (χ0v) is 14.4. The highest BCUT2D eigenvalue weighted by Crippen LogP contribution is 2.60. The minimum atomic E-state index is -5.64. The van der Waals surface area contributed by atoms with Gasteiger partial charge in [0.25, 0.3) is 0 Å². The molecule has 1 aromatic carbocycles. The first kappa shape index (κ1) is 17.4. The van der Waals surface area contributed by atoms with Crippen molar-refractivity contribution in [3.05, 3.63) is 27.7 Å². The van der Waals surface area contributed by atoms with Gasteiger partial charge in [-0.05, 0) is 6.07 Å². The van der Waals surface area contributed by atoms with Gasteiger partial charge in [0.1, 0.15) is 4.70 Å². The summed E-state index contributed by atoms with van der Waals surface area (Å²) < 4.78 is 40.6. The van der Waals surface area contributed by atoms with Gasteiger partial charge < -0.3 is 15.1 Å². The number of nitrogens with zero attached hydrogens (tertiary/aromatic N) is 1. The fraction of sp³-hybridized carbons (Fsp3) is 0.273. The topological polar surface area (TPSA) is 90.5 Å². The summed E-state index contributed by atoms with van der Waals surface area (Å²) in [6.07, 6.45) is 0. The van der Waals surface area contributed by atoms with Gasteiger partial charge >= 0.3 is 13.3 Å². The Morgan fingerprint density at radius 2 is 2.14 bits per heavy atom. The van der Waals surface area contributed by atoms with Crippen molar-refractivity contribution in [2.45, 2.75) is 19.3 Å². The maximum Gasteiger partial charge on any atom is 0.399 e. The molecule has 1 amide bonds. The number of benzene rings is 1. The summed E-state index contributed by atoms with van der Waals surface area (Å²) >= 11 is 4.04. The summed E-state index contributed by atoms with van der Waals surface area (Å²) in [5.41, 5.74) is -2.89. The summed E-state index contributed by atoms with van der Waals surface area (Å²) in [6.45, 7) is 1.51. The van der Waals surface area contributed by atoms with E-state index in [0.717, 1.165) is 17.4 Å². The van der Waals surface area contributed by atoms with E-state index in [1.165, 1.54) is 13.0 Å². The fourth-order valence-corrected chi connectivity index (χ4v) is 3.89. The monoisotopic (exact) mass is 415 g/mol. The number of rotatable bonds is 4. The predicted molar refractivity (Wildman–Crippen MR) is 79.5 cm³/mol. The van der Waals surface area contributed by atoms with Crippen molar-refractivity contribution in [3.8, 4) is 0 Å². The lowest BCUT2D eigenvalue weighted by Crippen LogP contribution is -2.41. The van der Waals surface area contributed by atoms with Crippen LogP contribution in [0.5, 0.6) is 0 Å². The molecule has 3 N–H and O–H groups in total. The SMILES string of the molecule is CC(=O)NC[n+]1csc2cc(C(F)(F)P(=O)(O)O)c(Br)cc21. The van der Waals surface area contributed by atoms with Gasteiger partial charge in [0.2, 0.25) is 23.6 Å². The highest BCUT2D eigenvalue weighted by molar-refractivity contribution is 9.10. The third kappa shape index (κ3) is 3.21. The van der Waals surface area contributed by atoms with Gasteiger partial charge in [0, 0.05) is 23.0 Å². The Hall–Kier alpha value is -0.930. The number of alkyl halides is 2. The Labute approximate surface area is 136 Å². The number of hydrogen-bond donors (Lipinski definition) is 3. The molecule has 1 aromatic heterocycles. The molecule has 0 aliphatic carbocycles. The number of aromatic nitrogens is 1. The smallest absolute Gasteiger partial charge is 0.320 e. The highest BCUT2D eigenvalue weighted by atomic mass is 79.9. The summed E-state index contributed by atoms with van der Waals surface area (Å²) in [4.78, 5) is 28.6. The Balaban J connectivity index is 2.52. The molecule has 22 heavy (non-hydrogen) atoms. The molecule has 0 unspecified atom stereocenters. The van der Waals surface area contributed by atoms with Crippen LogP contribution >= 0.6 is 34.9 Å². The van der Waals surface area contributed by atoms with E-state index in [4.69, 9.17) is 9.79 Å². The van der Waals surface area contributed by atoms with Crippen molar-refractivity contribution < 1.29 is 32.5 Å². The number of nitrogens with one attached hydrogen (secondary N) is 1. The molecular formula is C11H11BrF2N2O4PS+. The molecule has 11 heteroatoms. The van der Waals surface area contributed by atoms with Crippen molar-refractivity contribution in [3.63, 3.8) is 0 Å². The van der Waals surface area contributed by atoms with E-state index in [1.54, 1.807) is 10.1 Å². The van der Waals surface area contributed by atoms with Crippen LogP contribution in [-0.2, 0) is 21.7 Å². The number of fused-ring (bicyclic) bond motifs is 1. The van der Waals surface area contributed by atoms with Crippen molar-refractivity contribution in [1.82, 2.24) is 5.32 Å². The molecule has 0 aliphatic heterocycles. The van der Waals surface area contributed by atoms with Crippen LogP contribution < -0.4 is 9.88 Å². The van der Waals surface area contributed by atoms with Gasteiger partial charge in [-0.25, -0.2) is 0 Å². The third-order valence-corrected chi connectivity index (χ3v) is 5.42. The Kier molecular flexibility index (Phi) is 4.70. The molecule has 2 rings (SSSR count). The third-order valence-electron chi connectivity index (χ3n) is 2.85. The van der Waals surface area contributed by atoms with E-state index < -0.39 is 18.8 Å². The van der Waals surface area contributed by atoms with E-state index in [2.05, 4.69) is 21.2 Å². The second kappa shape index (κ2) is 5.93. The largest absolute Gasteiger partial charge is 0.399 e. The maximum atomic E-state index is 13.9. The predicted octanol–water partition coefficient (Wildman–Crippen LogP) is 2.27. The lowest BCUT2D eigenvalue weighted by molar-refractivity contribution is -0.670. The molecule has 0 radical (unpaired) electrons. The number of amides is 1. The zero-order chi connectivity index (χ0) is 16.7. The van der Waals surface area contributed by atoms with Crippen LogP contribution in [0.3, 0.4) is 0 Å². The van der Waals surface area contributed by atoms with Gasteiger partial charge in [-0.2, -0.15) is 13.3 Å². The standard InChI is InChI=1S/C11H10BrF2N2O4PS/c1-6(17)15-4-16-5-22-10-2-7(8(12)3-9(10)16)11(13,14)21(18,19)20/h2-3,5H,4H2,1H3,(H2-,15,17,18,19,20)/p+1. The second-order valence-corrected chi connectivity index (χ2v) is 7.86. The van der Waals surface area contributed by atoms with Gasteiger partial charge in [-0.1, -0.05) is 27.3 Å². The lowest BCUT2D eigenvalue weighted by atomic mass is 10.2. The number of carbonyl (C=O) groups is 1. The van der Waals surface area contributed by atoms with Crippen LogP contribution in [0, 0.1) is 0 Å². The van der Waals surface area contributed by atoms with Crippen molar-refractivity contribution in [1.29, 1.82) is 0 Å². The lowest BCUT2D eigenvalue weighted by Gasteiger charge is -2.18. The van der Waals surface area contributed by atoms with Crippen LogP contribution in [-0.4, -0.2) is 15.7 Å². The van der Waals surface area contributed by atoms with E-state index in [9.17, 15) is 18.1 Å². The molecule has 0 atom stereocenters. The molecule has 0 saturated carbocycles. The highest BCUT2D eigenvalue weighted by Gasteiger charge is 2.51. The summed E-state index contributed by atoms with van der Waals surface area (Å²) in [7, 11) is -5.64. The van der Waals surface area contributed by atoms with Gasteiger partial charge in [0.05, 0.1) is 0 Å². The Morgan fingerprint density at radius 1 is 1.50 bits per heavy atom. The summed E-state index contributed by atoms with van der Waals surface area (Å²) in [5.74, 6) is -0.240. The van der Waals surface area contributed by atoms with Crippen molar-refractivity contribution >= 4 is 51.0 Å². The van der Waals surface area contributed by atoms with Gasteiger partial charge in [-0.15, -0.1) is 0 Å². The molecular weight excluding hydrogens is 405 g/mol. The average molecular weight is 416 g/mol. The maximum absolute atomic E-state index is 13.9. The van der Waals surface area contributed by atoms with E-state index in [0.29, 0.717) is 10.2 Å². The number of carbonyl (C=O) groups excluding carboxylic acids is 1. The van der Waals surface area contributed by atoms with Crippen LogP contribution in [0.25, 0.3) is 10.2 Å². The van der Waals surface area contributed by atoms with Crippen LogP contribution in [0.4, 0.5) is 8.78 Å². The zero-order valence-electron chi connectivity index (χ0n) is 11.1. The quantitative estimate of drug-likeness (QED) is 0.527. The van der Waals surface area contributed by atoms with E-state index in [-0.39, 0.29) is 17.0 Å². The van der Waals surface area contributed by atoms with Gasteiger partial charge in [0.15, 0.2) is 0 Å². The molecule has 1 heterocycles. The summed E-state index contributed by atoms with van der Waals surface area (Å²) in [6, 6.07) is 2.37. The second-order valence-electron chi connectivity index (χ2n) is 4.47. The number of hydrogen-bond acceptors (Lipinski definition) is 3. The van der Waals surface area contributed by atoms with Crippen molar-refractivity contribution in [2.24, 2.45) is 0 Å². The van der Waals surface area contributed by atoms with Crippen molar-refractivity contribution in [2.75, 3.05) is 0 Å². The molecule has 0 spiro atoms. The normalized spacial score (nSPS) is 12.6. The average Bonchev–Trinajstić information content (AvgIpc) is 2.76. The Morgan fingerprint density at radius 3 is 2.68 bits per heavy atom. The first-order chi connectivity index (χ1) is 10.0. The first-order valence-corrected chi connectivity index (χ1v) is 9.11. The first-order valence-electron chi connectivity index (χ1n) is 5.82. The molecule has 120 valence electrons. The van der Waals surface area contributed by atoms with Crippen LogP contribution in [0.1, 0.15) is 12.5 Å². The molecule has 0 saturated heterocycles. The molecule has 0 aliphatic rings. The molecule has 0 bridgehead atoms. The summed E-state index contributed by atoms with van der Waals surface area (Å²) in [5, 5.41) is 2.57. The van der Waals surface area contributed by atoms with Gasteiger partial charge in [-0.3, -0.25) is 9.36 Å².